The SMILES string of the molecule is N=c1sc(S(=O)(=O)c2ccccc2)nn1-c1ccc([N+](=O)[O-])cc1. The average Bonchev–Trinajstić information content (AvgIpc) is 2.98. The minimum Gasteiger partial charge on any atom is -0.273 e. The van der Waals surface area contributed by atoms with Crippen molar-refractivity contribution >= 4 is 26.9 Å². The second-order valence-corrected chi connectivity index (χ2v) is 7.78. The van der Waals surface area contributed by atoms with Gasteiger partial charge < -0.3 is 0 Å². The third kappa shape index (κ3) is 2.84. The molecule has 3 aromatic rings. The zero-order chi connectivity index (χ0) is 17.3. The lowest BCUT2D eigenvalue weighted by Crippen LogP contribution is -2.12. The van der Waals surface area contributed by atoms with Gasteiger partial charge in [0.1, 0.15) is 0 Å². The predicted octanol–water partition coefficient (Wildman–Crippen LogP) is 2.15. The van der Waals surface area contributed by atoms with Crippen molar-refractivity contribution in [2.45, 2.75) is 9.24 Å². The van der Waals surface area contributed by atoms with Gasteiger partial charge in [0.05, 0.1) is 15.5 Å². The van der Waals surface area contributed by atoms with Crippen molar-refractivity contribution < 1.29 is 13.3 Å². The van der Waals surface area contributed by atoms with E-state index in [1.54, 1.807) is 18.2 Å². The van der Waals surface area contributed by atoms with Gasteiger partial charge in [-0.2, -0.15) is 0 Å². The highest BCUT2D eigenvalue weighted by molar-refractivity contribution is 7.93. The van der Waals surface area contributed by atoms with Crippen LogP contribution in [0.1, 0.15) is 0 Å². The smallest absolute Gasteiger partial charge is 0.269 e. The number of sulfone groups is 1. The van der Waals surface area contributed by atoms with E-state index in [2.05, 4.69) is 5.10 Å². The number of nitrogens with one attached hydrogen (secondary N) is 1. The molecule has 0 atom stereocenters. The quantitative estimate of drug-likeness (QED) is 0.563. The lowest BCUT2D eigenvalue weighted by molar-refractivity contribution is -0.384. The Balaban J connectivity index is 2.05. The molecule has 10 heteroatoms. The Morgan fingerprint density at radius 1 is 1.08 bits per heavy atom. The summed E-state index contributed by atoms with van der Waals surface area (Å²) in [5.74, 6) is 0. The summed E-state index contributed by atoms with van der Waals surface area (Å²) in [6, 6.07) is 13.2. The number of non-ortho nitro benzene ring substituents is 1. The third-order valence-corrected chi connectivity index (χ3v) is 6.11. The summed E-state index contributed by atoms with van der Waals surface area (Å²) >= 11 is 0.718. The Morgan fingerprint density at radius 2 is 1.71 bits per heavy atom. The van der Waals surface area contributed by atoms with E-state index in [9.17, 15) is 18.5 Å². The van der Waals surface area contributed by atoms with Gasteiger partial charge in [-0.1, -0.05) is 29.5 Å². The van der Waals surface area contributed by atoms with E-state index in [1.807, 2.05) is 0 Å². The number of nitro groups is 1. The normalized spacial score (nSPS) is 11.3. The summed E-state index contributed by atoms with van der Waals surface area (Å²) in [5.41, 5.74) is 0.273. The molecule has 0 saturated heterocycles. The van der Waals surface area contributed by atoms with Crippen LogP contribution >= 0.6 is 11.3 Å². The second-order valence-electron chi connectivity index (χ2n) is 4.67. The van der Waals surface area contributed by atoms with Gasteiger partial charge >= 0.3 is 0 Å². The van der Waals surface area contributed by atoms with E-state index in [0.29, 0.717) is 5.69 Å². The number of rotatable bonds is 4. The summed E-state index contributed by atoms with van der Waals surface area (Å²) in [7, 11) is -3.81. The molecule has 1 N–H and O–H groups in total. The first-order valence-electron chi connectivity index (χ1n) is 6.59. The highest BCUT2D eigenvalue weighted by Gasteiger charge is 2.23. The first-order chi connectivity index (χ1) is 11.4. The number of aromatic nitrogens is 2. The molecule has 0 saturated carbocycles. The summed E-state index contributed by atoms with van der Waals surface area (Å²) in [6.07, 6.45) is 0. The minimum atomic E-state index is -3.81. The number of benzene rings is 2. The molecular formula is C14H10N4O4S2. The van der Waals surface area contributed by atoms with Gasteiger partial charge in [0.25, 0.3) is 5.69 Å². The standard InChI is InChI=1S/C14H10N4O4S2/c15-13-17(10-6-8-11(9-7-10)18(19)20)16-14(23-13)24(21,22)12-4-2-1-3-5-12/h1-9,15H. The van der Waals surface area contributed by atoms with Gasteiger partial charge in [0, 0.05) is 12.1 Å². The maximum atomic E-state index is 12.5. The van der Waals surface area contributed by atoms with Gasteiger partial charge in [-0.05, 0) is 24.3 Å². The topological polar surface area (TPSA) is 119 Å². The molecule has 1 heterocycles. The Kier molecular flexibility index (Phi) is 3.99. The van der Waals surface area contributed by atoms with Crippen LogP contribution in [0.4, 0.5) is 5.69 Å². The van der Waals surface area contributed by atoms with Crippen molar-refractivity contribution in [3.63, 3.8) is 0 Å². The predicted molar refractivity (Wildman–Crippen MR) is 85.8 cm³/mol. The van der Waals surface area contributed by atoms with Crippen LogP contribution in [-0.2, 0) is 9.84 Å². The van der Waals surface area contributed by atoms with Crippen LogP contribution < -0.4 is 4.80 Å². The molecule has 0 radical (unpaired) electrons. The molecule has 0 aliphatic carbocycles. The van der Waals surface area contributed by atoms with Crippen molar-refractivity contribution in [1.82, 2.24) is 9.78 Å². The fraction of sp³-hybridized carbons (Fsp3) is 0. The van der Waals surface area contributed by atoms with E-state index in [0.717, 1.165) is 16.0 Å². The maximum Gasteiger partial charge on any atom is 0.269 e. The van der Waals surface area contributed by atoms with Gasteiger partial charge in [0.2, 0.25) is 19.0 Å². The summed E-state index contributed by atoms with van der Waals surface area (Å²) in [4.78, 5) is 10.1. The molecule has 8 nitrogen and oxygen atoms in total. The molecule has 3 rings (SSSR count). The molecule has 2 aromatic carbocycles. The molecule has 1 aromatic heterocycles. The van der Waals surface area contributed by atoms with Crippen molar-refractivity contribution in [2.75, 3.05) is 0 Å². The van der Waals surface area contributed by atoms with Crippen molar-refractivity contribution in [1.29, 1.82) is 5.41 Å². The van der Waals surface area contributed by atoms with Crippen LogP contribution in [0.3, 0.4) is 0 Å². The number of nitrogens with zero attached hydrogens (tertiary/aromatic N) is 3. The Bertz CT molecular complexity index is 1050. The Labute approximate surface area is 140 Å². The number of hydrogen-bond acceptors (Lipinski definition) is 7. The van der Waals surface area contributed by atoms with E-state index >= 15 is 0 Å². The van der Waals surface area contributed by atoms with E-state index < -0.39 is 14.8 Å². The van der Waals surface area contributed by atoms with Crippen molar-refractivity contribution in [2.24, 2.45) is 0 Å². The van der Waals surface area contributed by atoms with Crippen LogP contribution in [0.25, 0.3) is 5.69 Å². The van der Waals surface area contributed by atoms with E-state index in [1.165, 1.54) is 36.4 Å². The van der Waals surface area contributed by atoms with Crippen LogP contribution in [0, 0.1) is 15.5 Å². The minimum absolute atomic E-state index is 0.0922. The summed E-state index contributed by atoms with van der Waals surface area (Å²) in [5, 5.41) is 22.6. The monoisotopic (exact) mass is 362 g/mol. The van der Waals surface area contributed by atoms with Gasteiger partial charge in [-0.15, -0.1) is 5.10 Å². The van der Waals surface area contributed by atoms with Crippen LogP contribution in [-0.4, -0.2) is 23.1 Å². The van der Waals surface area contributed by atoms with Crippen molar-refractivity contribution in [3.05, 3.63) is 69.5 Å². The first kappa shape index (κ1) is 16.0. The molecular weight excluding hydrogens is 352 g/mol. The Morgan fingerprint density at radius 3 is 2.29 bits per heavy atom. The zero-order valence-corrected chi connectivity index (χ0v) is 13.6. The lowest BCUT2D eigenvalue weighted by Gasteiger charge is -2.01. The first-order valence-corrected chi connectivity index (χ1v) is 8.89. The zero-order valence-electron chi connectivity index (χ0n) is 12.0. The second kappa shape index (κ2) is 5.98. The molecule has 0 fully saturated rings. The van der Waals surface area contributed by atoms with Gasteiger partial charge in [0.15, 0.2) is 0 Å². The van der Waals surface area contributed by atoms with Crippen LogP contribution in [0.5, 0.6) is 0 Å². The lowest BCUT2D eigenvalue weighted by atomic mass is 10.3. The number of nitro benzene ring substituents is 1. The third-order valence-electron chi connectivity index (χ3n) is 3.15. The van der Waals surface area contributed by atoms with Crippen LogP contribution in [0.2, 0.25) is 0 Å². The highest BCUT2D eigenvalue weighted by atomic mass is 32.2. The molecule has 0 amide bonds. The highest BCUT2D eigenvalue weighted by Crippen LogP contribution is 2.21. The van der Waals surface area contributed by atoms with Crippen LogP contribution in [0.15, 0.2) is 63.8 Å². The molecule has 0 spiro atoms. The van der Waals surface area contributed by atoms with E-state index in [-0.39, 0.29) is 19.7 Å². The summed E-state index contributed by atoms with van der Waals surface area (Å²) in [6.45, 7) is 0. The maximum absolute atomic E-state index is 12.5. The summed E-state index contributed by atoms with van der Waals surface area (Å²) < 4.78 is 26.0. The fourth-order valence-corrected chi connectivity index (χ4v) is 4.36. The van der Waals surface area contributed by atoms with E-state index in [4.69, 9.17) is 5.41 Å². The molecule has 0 unspecified atom stereocenters. The largest absolute Gasteiger partial charge is 0.273 e. The molecule has 0 aliphatic heterocycles. The molecule has 24 heavy (non-hydrogen) atoms. The Hall–Kier alpha value is -2.85. The number of hydrogen-bond donors (Lipinski definition) is 1. The molecule has 0 bridgehead atoms. The molecule has 0 aliphatic rings. The van der Waals surface area contributed by atoms with Crippen molar-refractivity contribution in [3.8, 4) is 5.69 Å². The van der Waals surface area contributed by atoms with Gasteiger partial charge in [-0.25, -0.2) is 13.1 Å². The molecule has 122 valence electrons. The fourth-order valence-electron chi connectivity index (χ4n) is 1.97. The average molecular weight is 362 g/mol. The van der Waals surface area contributed by atoms with Gasteiger partial charge in [-0.3, -0.25) is 15.5 Å².